The van der Waals surface area contributed by atoms with Crippen LogP contribution in [0.1, 0.15) is 136 Å². The predicted octanol–water partition coefficient (Wildman–Crippen LogP) is 7.41. The van der Waals surface area contributed by atoms with Gasteiger partial charge in [0.05, 0.1) is 26.4 Å². The topological polar surface area (TPSA) is 132 Å². The van der Waals surface area contributed by atoms with Crippen LogP contribution in [-0.4, -0.2) is 66.3 Å². The van der Waals surface area contributed by atoms with Crippen LogP contribution in [0.3, 0.4) is 0 Å². The Kier molecular flexibility index (Phi) is 28.7. The molecule has 0 heterocycles. The largest absolute Gasteiger partial charge is 0.472 e. The van der Waals surface area contributed by atoms with Crippen molar-refractivity contribution in [3.63, 3.8) is 0 Å². The van der Waals surface area contributed by atoms with Crippen LogP contribution in [0.15, 0.2) is 12.2 Å². The fraction of sp³-hybridized carbons (Fsp3) is 0.903. The zero-order valence-electron chi connectivity index (χ0n) is 26.0. The van der Waals surface area contributed by atoms with Crippen LogP contribution in [0.4, 0.5) is 0 Å². The molecule has 244 valence electrons. The molecule has 0 rings (SSSR count). The molecule has 0 aliphatic rings. The van der Waals surface area contributed by atoms with Gasteiger partial charge in [-0.1, -0.05) is 109 Å². The first-order valence-corrected chi connectivity index (χ1v) is 17.7. The Morgan fingerprint density at radius 3 is 1.93 bits per heavy atom. The molecule has 3 N–H and O–H groups in total. The molecule has 0 amide bonds. The highest BCUT2D eigenvalue weighted by Crippen LogP contribution is 2.43. The minimum atomic E-state index is -4.50. The van der Waals surface area contributed by atoms with Gasteiger partial charge in [-0.25, -0.2) is 4.57 Å². The van der Waals surface area contributed by atoms with Gasteiger partial charge >= 0.3 is 13.8 Å². The van der Waals surface area contributed by atoms with Crippen LogP contribution in [0.2, 0.25) is 0 Å². The number of aliphatic hydroxyl groups is 2. The smallest absolute Gasteiger partial charge is 0.457 e. The molecule has 0 saturated carbocycles. The minimum Gasteiger partial charge on any atom is -0.457 e. The third kappa shape index (κ3) is 29.1. The maximum absolute atomic E-state index is 12.4. The lowest BCUT2D eigenvalue weighted by atomic mass is 10.1. The second kappa shape index (κ2) is 29.3. The number of ether oxygens (including phenoxy) is 2. The summed E-state index contributed by atoms with van der Waals surface area (Å²) in [7, 11) is -4.50. The van der Waals surface area contributed by atoms with Gasteiger partial charge in [-0.2, -0.15) is 0 Å². The zero-order chi connectivity index (χ0) is 30.4. The van der Waals surface area contributed by atoms with E-state index < -0.39 is 33.2 Å². The molecule has 0 bridgehead atoms. The van der Waals surface area contributed by atoms with Crippen LogP contribution in [0, 0.1) is 0 Å². The first kappa shape index (κ1) is 40.2. The van der Waals surface area contributed by atoms with Gasteiger partial charge in [0.15, 0.2) is 0 Å². The summed E-state index contributed by atoms with van der Waals surface area (Å²) >= 11 is 0. The second-order valence-corrected chi connectivity index (χ2v) is 12.3. The van der Waals surface area contributed by atoms with Gasteiger partial charge in [-0.3, -0.25) is 13.8 Å². The molecule has 0 aromatic rings. The van der Waals surface area contributed by atoms with Crippen LogP contribution < -0.4 is 0 Å². The van der Waals surface area contributed by atoms with E-state index in [4.69, 9.17) is 19.1 Å². The third-order valence-corrected chi connectivity index (χ3v) is 7.63. The van der Waals surface area contributed by atoms with E-state index in [2.05, 4.69) is 30.5 Å². The molecule has 0 spiro atoms. The number of phosphoric acid groups is 1. The van der Waals surface area contributed by atoms with E-state index in [1.165, 1.54) is 64.2 Å². The van der Waals surface area contributed by atoms with Crippen molar-refractivity contribution in [2.24, 2.45) is 0 Å². The van der Waals surface area contributed by atoms with Gasteiger partial charge < -0.3 is 24.6 Å². The summed E-state index contributed by atoms with van der Waals surface area (Å²) in [6.07, 6.45) is 23.2. The number of allylic oxidation sites excluding steroid dienone is 2. The number of aliphatic hydroxyl groups excluding tert-OH is 2. The average Bonchev–Trinajstić information content (AvgIpc) is 2.96. The van der Waals surface area contributed by atoms with Crippen LogP contribution in [0.5, 0.6) is 0 Å². The first-order chi connectivity index (χ1) is 19.8. The van der Waals surface area contributed by atoms with Crippen LogP contribution >= 0.6 is 7.82 Å². The van der Waals surface area contributed by atoms with Crippen molar-refractivity contribution < 1.29 is 43.0 Å². The van der Waals surface area contributed by atoms with Gasteiger partial charge in [0.2, 0.25) is 0 Å². The number of hydrogen-bond acceptors (Lipinski definition) is 8. The predicted molar refractivity (Wildman–Crippen MR) is 164 cm³/mol. The number of carbonyl (C=O) groups is 1. The molecule has 0 aliphatic heterocycles. The summed E-state index contributed by atoms with van der Waals surface area (Å²) in [5.74, 6) is -0.390. The third-order valence-electron chi connectivity index (χ3n) is 6.68. The zero-order valence-corrected chi connectivity index (χ0v) is 26.9. The lowest BCUT2D eigenvalue weighted by Gasteiger charge is -2.20. The normalized spacial score (nSPS) is 14.8. The maximum Gasteiger partial charge on any atom is 0.472 e. The number of esters is 1. The lowest BCUT2D eigenvalue weighted by Crippen LogP contribution is -2.29. The highest BCUT2D eigenvalue weighted by atomic mass is 31.2. The molecule has 3 unspecified atom stereocenters. The summed E-state index contributed by atoms with van der Waals surface area (Å²) in [5, 5.41) is 18.2. The molecule has 3 atom stereocenters. The SMILES string of the molecule is CCC/C=C\CCCCCCCCOCC(COP(=O)(O)OCC(O)CO)OC(=O)CCCCCCCCCCC. The summed E-state index contributed by atoms with van der Waals surface area (Å²) in [6, 6.07) is 0. The Labute approximate surface area is 250 Å². The summed E-state index contributed by atoms with van der Waals surface area (Å²) in [5.41, 5.74) is 0. The Morgan fingerprint density at radius 2 is 1.29 bits per heavy atom. The van der Waals surface area contributed by atoms with E-state index in [9.17, 15) is 19.4 Å². The maximum atomic E-state index is 12.4. The summed E-state index contributed by atoms with van der Waals surface area (Å²) in [4.78, 5) is 22.3. The molecule has 0 aliphatic carbocycles. The van der Waals surface area contributed by atoms with Crippen molar-refractivity contribution in [3.05, 3.63) is 12.2 Å². The molecular formula is C31H61O9P. The summed E-state index contributed by atoms with van der Waals surface area (Å²) < 4.78 is 33.0. The molecule has 41 heavy (non-hydrogen) atoms. The monoisotopic (exact) mass is 608 g/mol. The molecule has 10 heteroatoms. The van der Waals surface area contributed by atoms with Gasteiger partial charge in [-0.05, 0) is 32.1 Å². The molecular weight excluding hydrogens is 547 g/mol. The molecule has 0 radical (unpaired) electrons. The average molecular weight is 609 g/mol. The molecule has 9 nitrogen and oxygen atoms in total. The Hall–Kier alpha value is -0.800. The molecule has 0 fully saturated rings. The highest BCUT2D eigenvalue weighted by molar-refractivity contribution is 7.47. The molecule has 0 saturated heterocycles. The highest BCUT2D eigenvalue weighted by Gasteiger charge is 2.26. The quantitative estimate of drug-likeness (QED) is 0.0318. The van der Waals surface area contributed by atoms with E-state index in [-0.39, 0.29) is 25.6 Å². The number of unbranched alkanes of at least 4 members (excludes halogenated alkanes) is 15. The van der Waals surface area contributed by atoms with Crippen molar-refractivity contribution in [1.29, 1.82) is 0 Å². The number of hydrogen-bond donors (Lipinski definition) is 3. The minimum absolute atomic E-state index is 0.0485. The lowest BCUT2D eigenvalue weighted by molar-refractivity contribution is -0.154. The van der Waals surface area contributed by atoms with Gasteiger partial charge in [0.1, 0.15) is 12.2 Å². The number of rotatable bonds is 31. The van der Waals surface area contributed by atoms with Crippen molar-refractivity contribution in [2.75, 3.05) is 33.0 Å². The first-order valence-electron chi connectivity index (χ1n) is 16.2. The van der Waals surface area contributed by atoms with Gasteiger partial charge in [0, 0.05) is 13.0 Å². The molecule has 0 aromatic heterocycles. The standard InChI is InChI=1S/C31H61O9P/c1-3-5-7-9-11-13-14-16-18-20-22-24-37-27-30(28-39-41(35,36)38-26-29(33)25-32)40-31(34)23-21-19-17-15-12-10-8-6-4-2/h7,9,29-30,32-33H,3-6,8,10-28H2,1-2H3,(H,35,36)/b9-7-. The van der Waals surface area contributed by atoms with Crippen molar-refractivity contribution in [3.8, 4) is 0 Å². The van der Waals surface area contributed by atoms with E-state index >= 15 is 0 Å². The van der Waals surface area contributed by atoms with E-state index in [0.29, 0.717) is 6.61 Å². The van der Waals surface area contributed by atoms with E-state index in [1.54, 1.807) is 0 Å². The Morgan fingerprint density at radius 1 is 0.732 bits per heavy atom. The van der Waals surface area contributed by atoms with Crippen molar-refractivity contribution in [1.82, 2.24) is 0 Å². The van der Waals surface area contributed by atoms with Gasteiger partial charge in [-0.15, -0.1) is 0 Å². The van der Waals surface area contributed by atoms with Crippen molar-refractivity contribution in [2.45, 2.75) is 148 Å². The van der Waals surface area contributed by atoms with Gasteiger partial charge in [0.25, 0.3) is 0 Å². The summed E-state index contributed by atoms with van der Waals surface area (Å²) in [6.45, 7) is 3.41. The van der Waals surface area contributed by atoms with Crippen LogP contribution in [0.25, 0.3) is 0 Å². The molecule has 0 aromatic carbocycles. The Balaban J connectivity index is 4.31. The number of carbonyl (C=O) groups excluding carboxylic acids is 1. The Bertz CT molecular complexity index is 659. The van der Waals surface area contributed by atoms with E-state index in [0.717, 1.165) is 51.4 Å². The fourth-order valence-electron chi connectivity index (χ4n) is 4.18. The second-order valence-electron chi connectivity index (χ2n) is 10.8. The van der Waals surface area contributed by atoms with Crippen molar-refractivity contribution >= 4 is 13.8 Å². The number of phosphoric ester groups is 1. The van der Waals surface area contributed by atoms with Crippen LogP contribution in [-0.2, 0) is 27.9 Å². The van der Waals surface area contributed by atoms with E-state index in [1.807, 2.05) is 0 Å². The fourth-order valence-corrected chi connectivity index (χ4v) is 4.97.